The van der Waals surface area contributed by atoms with E-state index in [1.165, 1.54) is 0 Å². The van der Waals surface area contributed by atoms with E-state index in [0.29, 0.717) is 0 Å². The second-order valence-corrected chi connectivity index (χ2v) is 3.70. The minimum absolute atomic E-state index is 0.816. The van der Waals surface area contributed by atoms with E-state index < -0.39 is 0 Å². The predicted molar refractivity (Wildman–Crippen MR) is 65.0 cm³/mol. The molecule has 0 fully saturated rings. The Balaban J connectivity index is 2.14. The van der Waals surface area contributed by atoms with Crippen LogP contribution in [0.5, 0.6) is 5.75 Å². The summed E-state index contributed by atoms with van der Waals surface area (Å²) in [6.45, 7) is 0. The number of imidazole rings is 1. The molecule has 0 spiro atoms. The van der Waals surface area contributed by atoms with Gasteiger partial charge in [-0.15, -0.1) is 0 Å². The van der Waals surface area contributed by atoms with Crippen molar-refractivity contribution in [1.82, 2.24) is 14.4 Å². The molecule has 17 heavy (non-hydrogen) atoms. The number of hydrogen-bond donors (Lipinski definition) is 0. The molecule has 0 atom stereocenters. The van der Waals surface area contributed by atoms with Crippen LogP contribution in [0.2, 0.25) is 0 Å². The fourth-order valence-corrected chi connectivity index (χ4v) is 1.75. The normalized spacial score (nSPS) is 10.6. The smallest absolute Gasteiger partial charge is 0.137 e. The maximum atomic E-state index is 5.18. The van der Waals surface area contributed by atoms with Gasteiger partial charge in [-0.3, -0.25) is 4.98 Å². The van der Waals surface area contributed by atoms with Gasteiger partial charge >= 0.3 is 0 Å². The van der Waals surface area contributed by atoms with Gasteiger partial charge < -0.3 is 9.14 Å². The first-order valence-electron chi connectivity index (χ1n) is 5.30. The van der Waals surface area contributed by atoms with E-state index in [9.17, 15) is 0 Å². The molecular weight excluding hydrogens is 214 g/mol. The minimum atomic E-state index is 0.816. The number of methoxy groups -OCH3 is 1. The molecule has 3 rings (SSSR count). The van der Waals surface area contributed by atoms with Crippen LogP contribution >= 0.6 is 0 Å². The Morgan fingerprint density at radius 1 is 1.06 bits per heavy atom. The minimum Gasteiger partial charge on any atom is -0.495 e. The van der Waals surface area contributed by atoms with Crippen LogP contribution in [0.25, 0.3) is 16.9 Å². The summed E-state index contributed by atoms with van der Waals surface area (Å²) in [5.74, 6) is 0.816. The summed E-state index contributed by atoms with van der Waals surface area (Å²) >= 11 is 0. The molecule has 84 valence electrons. The summed E-state index contributed by atoms with van der Waals surface area (Å²) < 4.78 is 7.13. The van der Waals surface area contributed by atoms with Crippen LogP contribution in [0, 0.1) is 0 Å². The summed E-state index contributed by atoms with van der Waals surface area (Å²) in [4.78, 5) is 8.54. The Morgan fingerprint density at radius 2 is 1.88 bits per heavy atom. The van der Waals surface area contributed by atoms with Crippen LogP contribution in [-0.4, -0.2) is 21.5 Å². The lowest BCUT2D eigenvalue weighted by Crippen LogP contribution is -1.86. The molecule has 0 N–H and O–H groups in total. The van der Waals surface area contributed by atoms with Gasteiger partial charge in [-0.25, -0.2) is 4.98 Å². The van der Waals surface area contributed by atoms with Gasteiger partial charge in [0.15, 0.2) is 0 Å². The lowest BCUT2D eigenvalue weighted by Gasteiger charge is -1.98. The molecule has 0 aromatic carbocycles. The summed E-state index contributed by atoms with van der Waals surface area (Å²) in [7, 11) is 1.65. The highest BCUT2D eigenvalue weighted by Gasteiger charge is 2.04. The molecule has 0 saturated heterocycles. The molecule has 4 nitrogen and oxygen atoms in total. The van der Waals surface area contributed by atoms with Crippen LogP contribution < -0.4 is 4.74 Å². The summed E-state index contributed by atoms with van der Waals surface area (Å²) in [5, 5.41) is 0. The second kappa shape index (κ2) is 3.90. The van der Waals surface area contributed by atoms with Gasteiger partial charge in [0.1, 0.15) is 11.4 Å². The molecule has 3 heterocycles. The highest BCUT2D eigenvalue weighted by Crippen LogP contribution is 2.20. The molecular formula is C13H11N3O. The largest absolute Gasteiger partial charge is 0.495 e. The third-order valence-corrected chi connectivity index (χ3v) is 2.64. The molecule has 3 aromatic heterocycles. The standard InChI is InChI=1S/C13H11N3O/c1-17-11-2-3-13-15-12(9-16(13)8-11)10-4-6-14-7-5-10/h2-9H,1H3. The Labute approximate surface area is 98.5 Å². The van der Waals surface area contributed by atoms with Gasteiger partial charge in [0, 0.05) is 24.2 Å². The first-order valence-corrected chi connectivity index (χ1v) is 5.30. The molecule has 0 amide bonds. The van der Waals surface area contributed by atoms with Gasteiger partial charge in [-0.2, -0.15) is 0 Å². The van der Waals surface area contributed by atoms with Crippen LogP contribution in [-0.2, 0) is 0 Å². The molecule has 4 heteroatoms. The molecule has 0 unspecified atom stereocenters. The molecule has 0 saturated carbocycles. The third kappa shape index (κ3) is 1.73. The van der Waals surface area contributed by atoms with Gasteiger partial charge in [0.05, 0.1) is 19.0 Å². The fourth-order valence-electron chi connectivity index (χ4n) is 1.75. The van der Waals surface area contributed by atoms with E-state index in [2.05, 4.69) is 9.97 Å². The van der Waals surface area contributed by atoms with Crippen molar-refractivity contribution < 1.29 is 4.74 Å². The van der Waals surface area contributed by atoms with Crippen molar-refractivity contribution >= 4 is 5.65 Å². The fraction of sp³-hybridized carbons (Fsp3) is 0.0769. The number of fused-ring (bicyclic) bond motifs is 1. The van der Waals surface area contributed by atoms with E-state index in [1.54, 1.807) is 19.5 Å². The zero-order valence-corrected chi connectivity index (χ0v) is 9.37. The van der Waals surface area contributed by atoms with Crippen molar-refractivity contribution in [3.63, 3.8) is 0 Å². The second-order valence-electron chi connectivity index (χ2n) is 3.70. The van der Waals surface area contributed by atoms with Gasteiger partial charge in [0.2, 0.25) is 0 Å². The zero-order valence-electron chi connectivity index (χ0n) is 9.37. The van der Waals surface area contributed by atoms with Crippen molar-refractivity contribution in [2.75, 3.05) is 7.11 Å². The molecule has 3 aromatic rings. The van der Waals surface area contributed by atoms with E-state index >= 15 is 0 Å². The average molecular weight is 225 g/mol. The monoisotopic (exact) mass is 225 g/mol. The van der Waals surface area contributed by atoms with Crippen LogP contribution in [0.4, 0.5) is 0 Å². The Hall–Kier alpha value is -2.36. The summed E-state index contributed by atoms with van der Waals surface area (Å²) in [5.41, 5.74) is 2.89. The molecule has 0 aliphatic heterocycles. The van der Waals surface area contributed by atoms with Crippen molar-refractivity contribution in [2.24, 2.45) is 0 Å². The Kier molecular flexibility index (Phi) is 2.26. The molecule has 0 aliphatic carbocycles. The first kappa shape index (κ1) is 9.84. The highest BCUT2D eigenvalue weighted by molar-refractivity contribution is 5.62. The number of hydrogen-bond acceptors (Lipinski definition) is 3. The van der Waals surface area contributed by atoms with E-state index in [0.717, 1.165) is 22.7 Å². The Morgan fingerprint density at radius 3 is 2.65 bits per heavy atom. The molecule has 0 bridgehead atoms. The van der Waals surface area contributed by atoms with Crippen molar-refractivity contribution in [2.45, 2.75) is 0 Å². The summed E-state index contributed by atoms with van der Waals surface area (Å²) in [6, 6.07) is 7.72. The predicted octanol–water partition coefficient (Wildman–Crippen LogP) is 2.40. The van der Waals surface area contributed by atoms with Crippen molar-refractivity contribution in [1.29, 1.82) is 0 Å². The van der Waals surface area contributed by atoms with Crippen LogP contribution in [0.15, 0.2) is 49.1 Å². The third-order valence-electron chi connectivity index (χ3n) is 2.64. The lowest BCUT2D eigenvalue weighted by molar-refractivity contribution is 0.412. The van der Waals surface area contributed by atoms with Crippen LogP contribution in [0.3, 0.4) is 0 Å². The van der Waals surface area contributed by atoms with E-state index in [1.807, 2.05) is 41.1 Å². The lowest BCUT2D eigenvalue weighted by atomic mass is 10.2. The van der Waals surface area contributed by atoms with Gasteiger partial charge in [0.25, 0.3) is 0 Å². The maximum Gasteiger partial charge on any atom is 0.137 e. The SMILES string of the molecule is COc1ccc2nc(-c3ccncc3)cn2c1. The number of nitrogens with zero attached hydrogens (tertiary/aromatic N) is 3. The number of ether oxygens (including phenoxy) is 1. The van der Waals surface area contributed by atoms with E-state index in [-0.39, 0.29) is 0 Å². The average Bonchev–Trinajstić information content (AvgIpc) is 2.82. The van der Waals surface area contributed by atoms with Gasteiger partial charge in [-0.05, 0) is 24.3 Å². The number of aromatic nitrogens is 3. The zero-order chi connectivity index (χ0) is 11.7. The topological polar surface area (TPSA) is 39.4 Å². The number of rotatable bonds is 2. The van der Waals surface area contributed by atoms with Gasteiger partial charge in [-0.1, -0.05) is 0 Å². The number of pyridine rings is 2. The first-order chi connectivity index (χ1) is 8.36. The van der Waals surface area contributed by atoms with Crippen molar-refractivity contribution in [3.8, 4) is 17.0 Å². The summed E-state index contributed by atoms with van der Waals surface area (Å²) in [6.07, 6.45) is 7.42. The molecule has 0 radical (unpaired) electrons. The van der Waals surface area contributed by atoms with E-state index in [4.69, 9.17) is 4.74 Å². The molecule has 0 aliphatic rings. The van der Waals surface area contributed by atoms with Crippen molar-refractivity contribution in [3.05, 3.63) is 49.1 Å². The highest BCUT2D eigenvalue weighted by atomic mass is 16.5. The maximum absolute atomic E-state index is 5.18. The quantitative estimate of drug-likeness (QED) is 0.672. The van der Waals surface area contributed by atoms with Crippen LogP contribution in [0.1, 0.15) is 0 Å². The Bertz CT molecular complexity index is 646.